The van der Waals surface area contributed by atoms with Gasteiger partial charge in [0.2, 0.25) is 0 Å². The van der Waals surface area contributed by atoms with Gasteiger partial charge in [0.1, 0.15) is 6.79 Å². The molecule has 9 heavy (non-hydrogen) atoms. The molecule has 0 aromatic rings. The van der Waals surface area contributed by atoms with Crippen LogP contribution in [0.4, 0.5) is 0 Å². The summed E-state index contributed by atoms with van der Waals surface area (Å²) in [5, 5.41) is 0. The fourth-order valence-corrected chi connectivity index (χ4v) is 1.30. The average Bonchev–Trinajstić information content (AvgIpc) is 1.89. The fourth-order valence-electron chi connectivity index (χ4n) is 0.596. The Morgan fingerprint density at radius 2 is 2.22 bits per heavy atom. The smallest absolute Gasteiger partial charge is 0.146 e. The Morgan fingerprint density at radius 3 is 2.78 bits per heavy atom. The van der Waals surface area contributed by atoms with Gasteiger partial charge in [-0.05, 0) is 6.42 Å². The van der Waals surface area contributed by atoms with Gasteiger partial charge in [-0.3, -0.25) is 0 Å². The Labute approximate surface area is 59.4 Å². The van der Waals surface area contributed by atoms with Crippen LogP contribution in [0.25, 0.3) is 0 Å². The summed E-state index contributed by atoms with van der Waals surface area (Å²) in [4.78, 5) is 0. The van der Waals surface area contributed by atoms with Crippen LogP contribution in [-0.4, -0.2) is 30.0 Å². The summed E-state index contributed by atoms with van der Waals surface area (Å²) in [7, 11) is 1.91. The highest BCUT2D eigenvalue weighted by Gasteiger charge is 1.85. The lowest BCUT2D eigenvalue weighted by molar-refractivity contribution is -0.0300. The minimum Gasteiger partial charge on any atom is -0.359 e. The Bertz CT molecular complexity index is 44.3. The van der Waals surface area contributed by atoms with Gasteiger partial charge in [0.05, 0.1) is 0 Å². The maximum absolute atomic E-state index is 5.08. The van der Waals surface area contributed by atoms with Crippen molar-refractivity contribution in [2.45, 2.75) is 19.0 Å². The quantitative estimate of drug-likeness (QED) is 0.312. The molecule has 2 nitrogen and oxygen atoms in total. The fraction of sp³-hybridized carbons (Fsp3) is 1.00. The van der Waals surface area contributed by atoms with Crippen molar-refractivity contribution in [3.63, 3.8) is 0 Å². The van der Waals surface area contributed by atoms with Crippen molar-refractivity contribution in [1.82, 2.24) is 0 Å². The van der Waals surface area contributed by atoms with Crippen LogP contribution in [0.1, 0.15) is 6.42 Å². The summed E-state index contributed by atoms with van der Waals surface area (Å²) in [6.45, 7) is 3.64. The zero-order valence-corrected chi connectivity index (χ0v) is 7.77. The molecule has 0 rings (SSSR count). The van der Waals surface area contributed by atoms with E-state index in [1.165, 1.54) is 12.5 Å². The topological polar surface area (TPSA) is 18.5 Å². The molecule has 0 heterocycles. The molecule has 56 valence electrons. The monoisotopic (exact) mass is 148 g/mol. The zero-order chi connectivity index (χ0) is 6.95. The lowest BCUT2D eigenvalue weighted by Crippen LogP contribution is -1.98. The molecular formula is C6H16O2Si. The van der Waals surface area contributed by atoms with Crippen LogP contribution in [-0.2, 0) is 9.47 Å². The molecule has 0 aliphatic carbocycles. The van der Waals surface area contributed by atoms with E-state index in [1.54, 1.807) is 7.11 Å². The van der Waals surface area contributed by atoms with E-state index in [0.717, 1.165) is 6.61 Å². The van der Waals surface area contributed by atoms with Gasteiger partial charge in [0.25, 0.3) is 0 Å². The summed E-state index contributed by atoms with van der Waals surface area (Å²) >= 11 is 0. The molecule has 0 aliphatic heterocycles. The first-order valence-electron chi connectivity index (χ1n) is 3.48. The maximum Gasteiger partial charge on any atom is 0.146 e. The normalized spacial score (nSPS) is 11.3. The van der Waals surface area contributed by atoms with Crippen molar-refractivity contribution in [3.05, 3.63) is 0 Å². The number of ether oxygens (including phenoxy) is 2. The Kier molecular flexibility index (Phi) is 8.26. The summed E-state index contributed by atoms with van der Waals surface area (Å²) in [5.41, 5.74) is 0. The van der Waals surface area contributed by atoms with Gasteiger partial charge in [-0.1, -0.05) is 12.6 Å². The van der Waals surface area contributed by atoms with Crippen LogP contribution >= 0.6 is 0 Å². The van der Waals surface area contributed by atoms with Crippen LogP contribution in [0.2, 0.25) is 12.6 Å². The van der Waals surface area contributed by atoms with Crippen molar-refractivity contribution in [1.29, 1.82) is 0 Å². The lowest BCUT2D eigenvalue weighted by atomic mass is 10.5. The first kappa shape index (κ1) is 9.14. The minimum atomic E-state index is 0.259. The molecule has 0 aliphatic rings. The van der Waals surface area contributed by atoms with Gasteiger partial charge in [-0.2, -0.15) is 0 Å². The predicted molar refractivity (Wildman–Crippen MR) is 41.7 cm³/mol. The van der Waals surface area contributed by atoms with Gasteiger partial charge in [-0.25, -0.2) is 0 Å². The minimum absolute atomic E-state index is 0.259. The second-order valence-electron chi connectivity index (χ2n) is 2.02. The maximum atomic E-state index is 5.08. The van der Waals surface area contributed by atoms with E-state index >= 15 is 0 Å². The molecule has 0 radical (unpaired) electrons. The van der Waals surface area contributed by atoms with Crippen LogP contribution in [0.15, 0.2) is 0 Å². The third-order valence-corrected chi connectivity index (χ3v) is 2.30. The Balaban J connectivity index is 2.60. The molecule has 0 amide bonds. The van der Waals surface area contributed by atoms with Crippen LogP contribution in [0.5, 0.6) is 0 Å². The van der Waals surface area contributed by atoms with Gasteiger partial charge in [0, 0.05) is 23.2 Å². The highest BCUT2D eigenvalue weighted by molar-refractivity contribution is 6.33. The third kappa shape index (κ3) is 8.14. The van der Waals surface area contributed by atoms with E-state index in [2.05, 4.69) is 6.55 Å². The van der Waals surface area contributed by atoms with Crippen LogP contribution in [0.3, 0.4) is 0 Å². The zero-order valence-electron chi connectivity index (χ0n) is 6.35. The summed E-state index contributed by atoms with van der Waals surface area (Å²) in [5.74, 6) is 0. The molecule has 0 fully saturated rings. The van der Waals surface area contributed by atoms with E-state index in [9.17, 15) is 0 Å². The van der Waals surface area contributed by atoms with E-state index in [0.29, 0.717) is 6.79 Å². The number of rotatable bonds is 6. The second-order valence-corrected chi connectivity index (χ2v) is 3.73. The van der Waals surface area contributed by atoms with Crippen molar-refractivity contribution in [2.75, 3.05) is 20.5 Å². The summed E-state index contributed by atoms with van der Waals surface area (Å²) < 4.78 is 9.80. The SMILES string of the molecule is COCOCCC[SiH2]C. The molecule has 0 aromatic carbocycles. The second kappa shape index (κ2) is 8.14. The molecule has 0 bridgehead atoms. The van der Waals surface area contributed by atoms with Gasteiger partial charge < -0.3 is 9.47 Å². The van der Waals surface area contributed by atoms with E-state index in [-0.39, 0.29) is 9.52 Å². The number of methoxy groups -OCH3 is 1. The highest BCUT2D eigenvalue weighted by atomic mass is 28.2. The molecule has 0 spiro atoms. The van der Waals surface area contributed by atoms with Crippen LogP contribution in [0, 0.1) is 0 Å². The first-order valence-corrected chi connectivity index (χ1v) is 5.90. The highest BCUT2D eigenvalue weighted by Crippen LogP contribution is 1.88. The molecular weight excluding hydrogens is 132 g/mol. The summed E-state index contributed by atoms with van der Waals surface area (Å²) in [6, 6.07) is 1.39. The van der Waals surface area contributed by atoms with E-state index in [1.807, 2.05) is 0 Å². The summed E-state index contributed by atoms with van der Waals surface area (Å²) in [6.07, 6.45) is 1.21. The average molecular weight is 148 g/mol. The molecule has 0 aromatic heterocycles. The van der Waals surface area contributed by atoms with E-state index in [4.69, 9.17) is 9.47 Å². The first-order chi connectivity index (χ1) is 4.41. The molecule has 0 saturated heterocycles. The largest absolute Gasteiger partial charge is 0.359 e. The molecule has 3 heteroatoms. The molecule has 0 N–H and O–H groups in total. The van der Waals surface area contributed by atoms with Crippen LogP contribution < -0.4 is 0 Å². The van der Waals surface area contributed by atoms with Crippen molar-refractivity contribution in [3.8, 4) is 0 Å². The molecule has 0 saturated carbocycles. The predicted octanol–water partition coefficient (Wildman–Crippen LogP) is 0.632. The van der Waals surface area contributed by atoms with Crippen molar-refractivity contribution < 1.29 is 9.47 Å². The Hall–Kier alpha value is 0.137. The van der Waals surface area contributed by atoms with Crippen molar-refractivity contribution in [2.24, 2.45) is 0 Å². The van der Waals surface area contributed by atoms with Gasteiger partial charge in [0.15, 0.2) is 0 Å². The molecule has 0 unspecified atom stereocenters. The number of hydrogen-bond acceptors (Lipinski definition) is 2. The lowest BCUT2D eigenvalue weighted by Gasteiger charge is -1.99. The standard InChI is InChI=1S/C6H16O2Si/c1-7-6-8-4-3-5-9-2/h3-6,9H2,1-2H3. The van der Waals surface area contributed by atoms with Crippen molar-refractivity contribution >= 4 is 9.52 Å². The van der Waals surface area contributed by atoms with E-state index < -0.39 is 0 Å². The third-order valence-electron chi connectivity index (χ3n) is 1.09. The number of hydrogen-bond donors (Lipinski definition) is 0. The van der Waals surface area contributed by atoms with Gasteiger partial charge >= 0.3 is 0 Å². The van der Waals surface area contributed by atoms with Gasteiger partial charge in [-0.15, -0.1) is 0 Å². The molecule has 0 atom stereocenters. The Morgan fingerprint density at radius 1 is 1.44 bits per heavy atom.